The van der Waals surface area contributed by atoms with Gasteiger partial charge in [-0.3, -0.25) is 4.99 Å². The first-order valence-corrected chi connectivity index (χ1v) is 10.9. The van der Waals surface area contributed by atoms with Crippen LogP contribution in [0.2, 0.25) is 0 Å². The van der Waals surface area contributed by atoms with Gasteiger partial charge in [-0.15, -0.1) is 0 Å². The van der Waals surface area contributed by atoms with E-state index in [9.17, 15) is 0 Å². The van der Waals surface area contributed by atoms with Crippen LogP contribution in [0, 0.1) is 6.92 Å². The Labute approximate surface area is 187 Å². The molecule has 0 atom stereocenters. The molecule has 1 N–H and O–H groups in total. The minimum absolute atomic E-state index is 0.368. The summed E-state index contributed by atoms with van der Waals surface area (Å²) < 4.78 is 12.9. The lowest BCUT2D eigenvalue weighted by Gasteiger charge is -2.13. The molecule has 5 heteroatoms. The number of allylic oxidation sites excluding steroid dienone is 4. The molecule has 0 fully saturated rings. The van der Waals surface area contributed by atoms with Crippen LogP contribution in [0.3, 0.4) is 0 Å². The Morgan fingerprint density at radius 2 is 1.84 bits per heavy atom. The van der Waals surface area contributed by atoms with E-state index in [1.807, 2.05) is 13.8 Å². The van der Waals surface area contributed by atoms with Crippen LogP contribution in [-0.4, -0.2) is 37.5 Å². The Morgan fingerprint density at radius 3 is 2.48 bits per heavy atom. The number of nitrogens with zero attached hydrogens (tertiary/aromatic N) is 2. The van der Waals surface area contributed by atoms with Gasteiger partial charge in [0.05, 0.1) is 12.2 Å². The third-order valence-electron chi connectivity index (χ3n) is 5.04. The number of fused-ring (bicyclic) bond motifs is 2. The lowest BCUT2D eigenvalue weighted by atomic mass is 10.1. The van der Waals surface area contributed by atoms with Crippen LogP contribution in [0.1, 0.15) is 57.0 Å². The van der Waals surface area contributed by atoms with Gasteiger partial charge in [-0.2, -0.15) is 0 Å². The number of aryl methyl sites for hydroxylation is 1. The molecule has 1 aliphatic heterocycles. The molecule has 3 rings (SSSR count). The van der Waals surface area contributed by atoms with Gasteiger partial charge in [0.1, 0.15) is 5.84 Å². The first-order valence-electron chi connectivity index (χ1n) is 10.9. The van der Waals surface area contributed by atoms with Crippen molar-refractivity contribution in [2.75, 3.05) is 26.1 Å². The zero-order valence-corrected chi connectivity index (χ0v) is 20.2. The topological polar surface area (TPSA) is 47.8 Å². The molecule has 0 saturated heterocycles. The summed E-state index contributed by atoms with van der Waals surface area (Å²) in [5, 5.41) is 3.54. The number of ether oxygens (including phenoxy) is 2. The average Bonchev–Trinajstić information content (AvgIpc) is 3.12. The number of aromatic nitrogens is 1. The number of amidine groups is 1. The van der Waals surface area contributed by atoms with Gasteiger partial charge in [-0.05, 0) is 56.5 Å². The van der Waals surface area contributed by atoms with Crippen LogP contribution in [0.4, 0.5) is 5.69 Å². The molecule has 5 nitrogen and oxygen atoms in total. The molecule has 1 aromatic carbocycles. The molecule has 0 aliphatic carbocycles. The fourth-order valence-corrected chi connectivity index (χ4v) is 3.33. The maximum Gasteiger partial charge on any atom is 0.176 e. The Hall–Kier alpha value is -2.63. The first kappa shape index (κ1) is 24.6. The number of nitrogens with one attached hydrogen (secondary N) is 1. The third-order valence-corrected chi connectivity index (χ3v) is 5.04. The Bertz CT molecular complexity index is 959. The lowest BCUT2D eigenvalue weighted by Crippen LogP contribution is -2.21. The third kappa shape index (κ3) is 6.42. The summed E-state index contributed by atoms with van der Waals surface area (Å²) in [4.78, 5) is 4.80. The molecule has 0 unspecified atom stereocenters. The van der Waals surface area contributed by atoms with Crippen LogP contribution in [0.15, 0.2) is 53.2 Å². The molecule has 0 amide bonds. The van der Waals surface area contributed by atoms with E-state index in [1.165, 1.54) is 27.8 Å². The molecular formula is C26H37N3O2. The monoisotopic (exact) mass is 423 g/mol. The lowest BCUT2D eigenvalue weighted by molar-refractivity contribution is -0.0936. The molecule has 2 aromatic rings. The number of hydrogen-bond donors (Lipinski definition) is 1. The summed E-state index contributed by atoms with van der Waals surface area (Å²) in [5.74, 6) is 0.827. The number of anilines is 1. The summed E-state index contributed by atoms with van der Waals surface area (Å²) in [7, 11) is 3.26. The summed E-state index contributed by atoms with van der Waals surface area (Å²) in [5.41, 5.74) is 8.34. The van der Waals surface area contributed by atoms with Crippen molar-refractivity contribution < 1.29 is 9.47 Å². The number of benzene rings is 1. The van der Waals surface area contributed by atoms with Crippen molar-refractivity contribution >= 4 is 17.1 Å². The molecule has 0 radical (unpaired) electrons. The summed E-state index contributed by atoms with van der Waals surface area (Å²) in [6.45, 7) is 13.7. The molecule has 1 aromatic heterocycles. The predicted octanol–water partition coefficient (Wildman–Crippen LogP) is 6.03. The van der Waals surface area contributed by atoms with Gasteiger partial charge in [0.2, 0.25) is 0 Å². The summed E-state index contributed by atoms with van der Waals surface area (Å²) in [6.07, 6.45) is 6.15. The van der Waals surface area contributed by atoms with Crippen LogP contribution in [-0.2, 0) is 16.0 Å². The van der Waals surface area contributed by atoms with Gasteiger partial charge in [-0.1, -0.05) is 49.3 Å². The van der Waals surface area contributed by atoms with Gasteiger partial charge >= 0.3 is 0 Å². The maximum absolute atomic E-state index is 5.31. The predicted molar refractivity (Wildman–Crippen MR) is 132 cm³/mol. The molecule has 2 heterocycles. The number of methoxy groups -OCH3 is 2. The molecule has 0 spiro atoms. The Balaban J connectivity index is 0.00000166. The molecular weight excluding hydrogens is 386 g/mol. The van der Waals surface area contributed by atoms with Gasteiger partial charge in [0.25, 0.3) is 0 Å². The summed E-state index contributed by atoms with van der Waals surface area (Å²) >= 11 is 0. The van der Waals surface area contributed by atoms with Gasteiger partial charge in [0.15, 0.2) is 6.29 Å². The molecule has 1 aliphatic rings. The van der Waals surface area contributed by atoms with E-state index < -0.39 is 0 Å². The zero-order valence-electron chi connectivity index (χ0n) is 20.2. The molecule has 0 bridgehead atoms. The molecule has 0 saturated carbocycles. The average molecular weight is 424 g/mol. The van der Waals surface area contributed by atoms with Crippen molar-refractivity contribution in [2.45, 2.75) is 54.4 Å². The standard InChI is InChI=1S/C24H31N3O2.C2H6/c1-16(2)7-9-18(4)19-12-22-24(25-13-23(28-5)29-6)26-21-10-8-17(3)11-20(21)15-27(22)14-19;1-2/h7-12,14,23H,13,15H2,1-6H3,(H,25,26);1-2H3/b18-9+;. The molecule has 31 heavy (non-hydrogen) atoms. The normalized spacial score (nSPS) is 14.2. The van der Waals surface area contributed by atoms with Crippen molar-refractivity contribution in [3.05, 3.63) is 70.6 Å². The van der Waals surface area contributed by atoms with E-state index in [0.717, 1.165) is 23.8 Å². The second-order valence-corrected chi connectivity index (χ2v) is 7.71. The van der Waals surface area contributed by atoms with E-state index >= 15 is 0 Å². The minimum Gasteiger partial charge on any atom is -0.354 e. The largest absolute Gasteiger partial charge is 0.354 e. The first-order chi connectivity index (χ1) is 14.9. The quantitative estimate of drug-likeness (QED) is 0.456. The van der Waals surface area contributed by atoms with Gasteiger partial charge in [0, 0.05) is 32.6 Å². The highest BCUT2D eigenvalue weighted by Gasteiger charge is 2.20. The highest BCUT2D eigenvalue weighted by Crippen LogP contribution is 2.27. The fraction of sp³-hybridized carbons (Fsp3) is 0.423. The number of aliphatic imine (C=N–C) groups is 1. The van der Waals surface area contributed by atoms with Crippen LogP contribution < -0.4 is 5.32 Å². The minimum atomic E-state index is -0.368. The highest BCUT2D eigenvalue weighted by molar-refractivity contribution is 6.08. The molecule has 168 valence electrons. The van der Waals surface area contributed by atoms with Crippen LogP contribution >= 0.6 is 0 Å². The smallest absolute Gasteiger partial charge is 0.176 e. The van der Waals surface area contributed by atoms with Gasteiger partial charge in [-0.25, -0.2) is 0 Å². The van der Waals surface area contributed by atoms with Crippen molar-refractivity contribution in [3.8, 4) is 0 Å². The SMILES string of the molecule is CC.COC(CN=C1Nc2ccc(C)cc2Cn2cc(/C(C)=C/C=C(C)C)cc21)OC. The highest BCUT2D eigenvalue weighted by atomic mass is 16.7. The Morgan fingerprint density at radius 1 is 1.13 bits per heavy atom. The number of hydrogen-bond acceptors (Lipinski definition) is 3. The van der Waals surface area contributed by atoms with E-state index in [2.05, 4.69) is 80.2 Å². The maximum atomic E-state index is 5.31. The van der Waals surface area contributed by atoms with Crippen molar-refractivity contribution in [2.24, 2.45) is 4.99 Å². The fourth-order valence-electron chi connectivity index (χ4n) is 3.33. The van der Waals surface area contributed by atoms with Crippen molar-refractivity contribution in [1.82, 2.24) is 4.57 Å². The number of rotatable bonds is 6. The van der Waals surface area contributed by atoms with Crippen molar-refractivity contribution in [3.63, 3.8) is 0 Å². The van der Waals surface area contributed by atoms with Gasteiger partial charge < -0.3 is 19.4 Å². The van der Waals surface area contributed by atoms with E-state index in [0.29, 0.717) is 6.54 Å². The second kappa shape index (κ2) is 11.7. The Kier molecular flexibility index (Phi) is 9.28. The summed E-state index contributed by atoms with van der Waals surface area (Å²) in [6, 6.07) is 8.67. The van der Waals surface area contributed by atoms with E-state index in [1.54, 1.807) is 14.2 Å². The second-order valence-electron chi connectivity index (χ2n) is 7.71. The zero-order chi connectivity index (χ0) is 23.0. The van der Waals surface area contributed by atoms with E-state index in [4.69, 9.17) is 14.5 Å². The van der Waals surface area contributed by atoms with Crippen LogP contribution in [0.5, 0.6) is 0 Å². The van der Waals surface area contributed by atoms with Crippen molar-refractivity contribution in [1.29, 1.82) is 0 Å². The van der Waals surface area contributed by atoms with E-state index in [-0.39, 0.29) is 6.29 Å². The van der Waals surface area contributed by atoms with Crippen LogP contribution in [0.25, 0.3) is 5.57 Å².